The minimum absolute atomic E-state index is 0.216. The van der Waals surface area contributed by atoms with Crippen molar-refractivity contribution in [1.29, 1.82) is 0 Å². The highest BCUT2D eigenvalue weighted by Crippen LogP contribution is 2.31. The third kappa shape index (κ3) is 2.54. The van der Waals surface area contributed by atoms with E-state index in [1.807, 2.05) is 18.4 Å². The zero-order valence-electron chi connectivity index (χ0n) is 10.7. The first-order valence-corrected chi connectivity index (χ1v) is 7.87. The first kappa shape index (κ1) is 14.2. The molecule has 0 spiro atoms. The third-order valence-electron chi connectivity index (χ3n) is 3.71. The Labute approximate surface area is 120 Å². The van der Waals surface area contributed by atoms with Gasteiger partial charge in [0.15, 0.2) is 5.78 Å². The Morgan fingerprint density at radius 2 is 2.22 bits per heavy atom. The van der Waals surface area contributed by atoms with Gasteiger partial charge in [0.25, 0.3) is 0 Å². The molecule has 0 amide bonds. The lowest BCUT2D eigenvalue weighted by Gasteiger charge is -2.41. The van der Waals surface area contributed by atoms with Crippen molar-refractivity contribution in [3.05, 3.63) is 20.8 Å². The van der Waals surface area contributed by atoms with Gasteiger partial charge < -0.3 is 4.74 Å². The lowest BCUT2D eigenvalue weighted by atomic mass is 9.89. The Bertz CT molecular complexity index is 428. The number of Topliss-reactive ketones (excluding diaryl/α,β-unsaturated/α-hetero) is 1. The number of carbonyl (C=O) groups is 1. The number of morpholine rings is 1. The van der Waals surface area contributed by atoms with Crippen LogP contribution in [0.4, 0.5) is 0 Å². The van der Waals surface area contributed by atoms with Crippen LogP contribution in [0.3, 0.4) is 0 Å². The highest BCUT2D eigenvalue weighted by Gasteiger charge is 2.39. The van der Waals surface area contributed by atoms with E-state index in [-0.39, 0.29) is 5.78 Å². The van der Waals surface area contributed by atoms with Gasteiger partial charge in [0, 0.05) is 17.6 Å². The predicted octanol–water partition coefficient (Wildman–Crippen LogP) is 3.19. The smallest absolute Gasteiger partial charge is 0.193 e. The molecule has 1 saturated heterocycles. The van der Waals surface area contributed by atoms with Crippen molar-refractivity contribution in [2.45, 2.75) is 25.8 Å². The van der Waals surface area contributed by atoms with Crippen LogP contribution < -0.4 is 0 Å². The quantitative estimate of drug-likeness (QED) is 0.793. The first-order valence-electron chi connectivity index (χ1n) is 6.20. The fourth-order valence-electron chi connectivity index (χ4n) is 2.28. The maximum absolute atomic E-state index is 12.8. The molecule has 0 N–H and O–H groups in total. The number of ketones is 1. The average Bonchev–Trinajstić information content (AvgIpc) is 2.84. The van der Waals surface area contributed by atoms with Gasteiger partial charge in [0.1, 0.15) is 0 Å². The second-order valence-electron chi connectivity index (χ2n) is 4.65. The van der Waals surface area contributed by atoms with E-state index >= 15 is 0 Å². The highest BCUT2D eigenvalue weighted by atomic mass is 79.9. The minimum atomic E-state index is -0.419. The van der Waals surface area contributed by atoms with Crippen molar-refractivity contribution in [3.8, 4) is 0 Å². The summed E-state index contributed by atoms with van der Waals surface area (Å²) in [4.78, 5) is 15.9. The Kier molecular flexibility index (Phi) is 4.59. The molecule has 100 valence electrons. The van der Waals surface area contributed by atoms with Crippen molar-refractivity contribution in [1.82, 2.24) is 4.90 Å². The van der Waals surface area contributed by atoms with E-state index in [1.165, 1.54) is 11.3 Å². The largest absolute Gasteiger partial charge is 0.379 e. The normalized spacial score (nSPS) is 20.6. The molecule has 2 heterocycles. The van der Waals surface area contributed by atoms with Crippen LogP contribution in [0.1, 0.15) is 29.9 Å². The fourth-order valence-corrected chi connectivity index (χ4v) is 3.90. The molecular formula is C13H18BrNO2S. The van der Waals surface area contributed by atoms with Gasteiger partial charge in [-0.3, -0.25) is 9.69 Å². The average molecular weight is 332 g/mol. The number of thiophene rings is 1. The Morgan fingerprint density at radius 1 is 1.56 bits per heavy atom. The highest BCUT2D eigenvalue weighted by molar-refractivity contribution is 9.10. The fraction of sp³-hybridized carbons (Fsp3) is 0.615. The van der Waals surface area contributed by atoms with Crippen LogP contribution in [0.25, 0.3) is 0 Å². The second-order valence-corrected chi connectivity index (χ2v) is 6.42. The Morgan fingerprint density at radius 3 is 2.72 bits per heavy atom. The van der Waals surface area contributed by atoms with Crippen molar-refractivity contribution in [2.75, 3.05) is 26.3 Å². The second kappa shape index (κ2) is 5.82. The summed E-state index contributed by atoms with van der Waals surface area (Å²) in [5, 5.41) is 1.95. The minimum Gasteiger partial charge on any atom is -0.379 e. The molecule has 1 aromatic heterocycles. The zero-order valence-corrected chi connectivity index (χ0v) is 13.1. The number of rotatable bonds is 4. The monoisotopic (exact) mass is 331 g/mol. The van der Waals surface area contributed by atoms with Gasteiger partial charge in [0.05, 0.1) is 23.6 Å². The molecule has 1 atom stereocenters. The molecule has 2 rings (SSSR count). The molecule has 0 saturated carbocycles. The van der Waals surface area contributed by atoms with E-state index in [2.05, 4.69) is 27.8 Å². The number of hydrogen-bond acceptors (Lipinski definition) is 4. The maximum atomic E-state index is 12.8. The summed E-state index contributed by atoms with van der Waals surface area (Å²) in [5.74, 6) is 0.216. The predicted molar refractivity (Wildman–Crippen MR) is 77.4 cm³/mol. The van der Waals surface area contributed by atoms with Crippen LogP contribution in [0, 0.1) is 0 Å². The van der Waals surface area contributed by atoms with Crippen LogP contribution in [-0.2, 0) is 4.74 Å². The van der Waals surface area contributed by atoms with Crippen LogP contribution in [-0.4, -0.2) is 42.5 Å². The molecule has 1 aliphatic heterocycles. The van der Waals surface area contributed by atoms with E-state index < -0.39 is 5.54 Å². The number of ether oxygens (including phenoxy) is 1. The van der Waals surface area contributed by atoms with Gasteiger partial charge in [0.2, 0.25) is 0 Å². The maximum Gasteiger partial charge on any atom is 0.193 e. The first-order chi connectivity index (χ1) is 8.59. The van der Waals surface area contributed by atoms with Crippen molar-refractivity contribution >= 4 is 33.0 Å². The van der Waals surface area contributed by atoms with Gasteiger partial charge in [-0.1, -0.05) is 6.92 Å². The summed E-state index contributed by atoms with van der Waals surface area (Å²) in [7, 11) is 0. The molecule has 1 aromatic rings. The molecule has 3 nitrogen and oxygen atoms in total. The van der Waals surface area contributed by atoms with Crippen LogP contribution in [0.15, 0.2) is 15.9 Å². The van der Waals surface area contributed by atoms with Crippen LogP contribution >= 0.6 is 27.3 Å². The van der Waals surface area contributed by atoms with Crippen LogP contribution in [0.5, 0.6) is 0 Å². The molecule has 0 radical (unpaired) electrons. The molecule has 0 bridgehead atoms. The van der Waals surface area contributed by atoms with Crippen molar-refractivity contribution in [2.24, 2.45) is 0 Å². The van der Waals surface area contributed by atoms with Gasteiger partial charge >= 0.3 is 0 Å². The molecule has 1 unspecified atom stereocenters. The van der Waals surface area contributed by atoms with Gasteiger partial charge in [-0.05, 0) is 40.7 Å². The molecule has 1 fully saturated rings. The summed E-state index contributed by atoms with van der Waals surface area (Å²) in [6.07, 6.45) is 0.816. The number of carbonyl (C=O) groups excluding carboxylic acids is 1. The molecule has 18 heavy (non-hydrogen) atoms. The number of nitrogens with zero attached hydrogens (tertiary/aromatic N) is 1. The van der Waals surface area contributed by atoms with Gasteiger partial charge in [-0.25, -0.2) is 0 Å². The van der Waals surface area contributed by atoms with Crippen LogP contribution in [0.2, 0.25) is 0 Å². The summed E-state index contributed by atoms with van der Waals surface area (Å²) < 4.78 is 6.28. The number of halogens is 1. The summed E-state index contributed by atoms with van der Waals surface area (Å²) >= 11 is 4.97. The molecule has 0 aliphatic carbocycles. The Balaban J connectivity index is 2.26. The topological polar surface area (TPSA) is 29.5 Å². The lowest BCUT2D eigenvalue weighted by molar-refractivity contribution is -0.0105. The summed E-state index contributed by atoms with van der Waals surface area (Å²) in [6, 6.07) is 1.94. The van der Waals surface area contributed by atoms with E-state index in [4.69, 9.17) is 4.74 Å². The van der Waals surface area contributed by atoms with E-state index in [1.54, 1.807) is 0 Å². The van der Waals surface area contributed by atoms with Gasteiger partial charge in [-0.2, -0.15) is 0 Å². The Hall–Kier alpha value is -0.230. The van der Waals surface area contributed by atoms with Crippen molar-refractivity contribution < 1.29 is 9.53 Å². The van der Waals surface area contributed by atoms with E-state index in [0.717, 1.165) is 28.9 Å². The van der Waals surface area contributed by atoms with Gasteiger partial charge in [-0.15, -0.1) is 11.3 Å². The number of hydrogen-bond donors (Lipinski definition) is 0. The third-order valence-corrected chi connectivity index (χ3v) is 5.55. The summed E-state index contributed by atoms with van der Waals surface area (Å²) in [5.41, 5.74) is -0.419. The summed E-state index contributed by atoms with van der Waals surface area (Å²) in [6.45, 7) is 7.22. The van der Waals surface area contributed by atoms with Crippen molar-refractivity contribution in [3.63, 3.8) is 0 Å². The van der Waals surface area contributed by atoms with E-state index in [9.17, 15) is 4.79 Å². The molecule has 1 aliphatic rings. The molecular weight excluding hydrogens is 314 g/mol. The lowest BCUT2D eigenvalue weighted by Crippen LogP contribution is -2.55. The zero-order chi connectivity index (χ0) is 13.2. The molecule has 0 aromatic carbocycles. The SMILES string of the molecule is CCC(C)(C(=O)c1sccc1Br)N1CCOCC1. The standard InChI is InChI=1S/C13H18BrNO2S/c1-3-13(2,15-5-7-17-8-6-15)12(16)11-10(14)4-9-18-11/h4,9H,3,5-8H2,1-2H3. The molecule has 5 heteroatoms. The van der Waals surface area contributed by atoms with E-state index in [0.29, 0.717) is 13.2 Å².